The van der Waals surface area contributed by atoms with Crippen LogP contribution in [0.1, 0.15) is 36.2 Å². The molecule has 134 valence electrons. The molecule has 0 amide bonds. The predicted molar refractivity (Wildman–Crippen MR) is 102 cm³/mol. The number of hydrogen-bond donors (Lipinski definition) is 1. The Balaban J connectivity index is 2.07. The molecule has 0 aliphatic carbocycles. The number of ether oxygens (including phenoxy) is 2. The maximum Gasteiger partial charge on any atom is 0.347 e. The summed E-state index contributed by atoms with van der Waals surface area (Å²) in [6.45, 7) is 4.62. The number of aryl methyl sites for hydroxylation is 1. The van der Waals surface area contributed by atoms with Gasteiger partial charge in [-0.05, 0) is 42.7 Å². The van der Waals surface area contributed by atoms with E-state index in [-0.39, 0.29) is 11.3 Å². The average molecular weight is 350 g/mol. The van der Waals surface area contributed by atoms with E-state index < -0.39 is 5.97 Å². The van der Waals surface area contributed by atoms with Gasteiger partial charge in [0.05, 0.1) is 6.61 Å². The monoisotopic (exact) mass is 350 g/mol. The molecule has 3 rings (SSSR count). The SMILES string of the molecule is CCCOc1cc(C(=O)Oc2ccccc2)c(O)c2ccc(CC)cc12. The molecule has 0 atom stereocenters. The molecule has 4 heteroatoms. The molecular weight excluding hydrogens is 328 g/mol. The highest BCUT2D eigenvalue weighted by molar-refractivity contribution is 6.04. The van der Waals surface area contributed by atoms with E-state index >= 15 is 0 Å². The minimum absolute atomic E-state index is 0.0903. The Kier molecular flexibility index (Phi) is 5.42. The summed E-state index contributed by atoms with van der Waals surface area (Å²) in [5, 5.41) is 12.0. The first kappa shape index (κ1) is 17.8. The second-order valence-corrected chi connectivity index (χ2v) is 6.06. The summed E-state index contributed by atoms with van der Waals surface area (Å²) >= 11 is 0. The van der Waals surface area contributed by atoms with Crippen LogP contribution in [0.5, 0.6) is 17.2 Å². The van der Waals surface area contributed by atoms with Crippen LogP contribution in [0.2, 0.25) is 0 Å². The zero-order valence-corrected chi connectivity index (χ0v) is 15.0. The highest BCUT2D eigenvalue weighted by atomic mass is 16.5. The Labute approximate surface area is 153 Å². The summed E-state index contributed by atoms with van der Waals surface area (Å²) in [5.41, 5.74) is 1.23. The number of carbonyl (C=O) groups is 1. The minimum atomic E-state index is -0.614. The van der Waals surface area contributed by atoms with Crippen LogP contribution < -0.4 is 9.47 Å². The van der Waals surface area contributed by atoms with Crippen LogP contribution in [0.15, 0.2) is 54.6 Å². The average Bonchev–Trinajstić information content (AvgIpc) is 2.67. The van der Waals surface area contributed by atoms with Gasteiger partial charge >= 0.3 is 5.97 Å². The number of phenolic OH excluding ortho intramolecular Hbond substituents is 1. The number of phenols is 1. The number of rotatable bonds is 6. The third kappa shape index (κ3) is 3.64. The lowest BCUT2D eigenvalue weighted by Gasteiger charge is -2.14. The summed E-state index contributed by atoms with van der Waals surface area (Å²) in [6, 6.07) is 16.1. The second-order valence-electron chi connectivity index (χ2n) is 6.06. The molecule has 3 aromatic carbocycles. The standard InChI is InChI=1S/C22H22O4/c1-3-12-25-20-14-19(22(24)26-16-8-6-5-7-9-16)21(23)17-11-10-15(4-2)13-18(17)20/h5-11,13-14,23H,3-4,12H2,1-2H3. The van der Waals surface area contributed by atoms with E-state index in [2.05, 4.69) is 6.92 Å². The van der Waals surface area contributed by atoms with Gasteiger partial charge in [0.2, 0.25) is 0 Å². The van der Waals surface area contributed by atoms with Gasteiger partial charge in [-0.25, -0.2) is 4.79 Å². The van der Waals surface area contributed by atoms with Crippen molar-refractivity contribution in [3.8, 4) is 17.2 Å². The Bertz CT molecular complexity index is 916. The predicted octanol–water partition coefficient (Wildman–Crippen LogP) is 5.12. The van der Waals surface area contributed by atoms with E-state index in [1.807, 2.05) is 31.2 Å². The van der Waals surface area contributed by atoms with Crippen molar-refractivity contribution >= 4 is 16.7 Å². The fourth-order valence-corrected chi connectivity index (χ4v) is 2.78. The second kappa shape index (κ2) is 7.91. The summed E-state index contributed by atoms with van der Waals surface area (Å²) in [5.74, 6) is 0.299. The van der Waals surface area contributed by atoms with E-state index in [1.54, 1.807) is 30.3 Å². The Morgan fingerprint density at radius 2 is 1.77 bits per heavy atom. The molecule has 0 radical (unpaired) electrons. The molecule has 1 N–H and O–H groups in total. The highest BCUT2D eigenvalue weighted by Crippen LogP contribution is 2.37. The summed E-state index contributed by atoms with van der Waals surface area (Å²) < 4.78 is 11.2. The zero-order chi connectivity index (χ0) is 18.5. The molecule has 0 saturated carbocycles. The third-order valence-corrected chi connectivity index (χ3v) is 4.18. The normalized spacial score (nSPS) is 10.7. The highest BCUT2D eigenvalue weighted by Gasteiger charge is 2.20. The Hall–Kier alpha value is -3.01. The van der Waals surface area contributed by atoms with Crippen LogP contribution in [0.4, 0.5) is 0 Å². The summed E-state index contributed by atoms with van der Waals surface area (Å²) in [4.78, 5) is 12.6. The van der Waals surface area contributed by atoms with Gasteiger partial charge < -0.3 is 14.6 Å². The van der Waals surface area contributed by atoms with Gasteiger partial charge in [0.1, 0.15) is 22.8 Å². The lowest BCUT2D eigenvalue weighted by molar-refractivity contribution is 0.0731. The molecule has 0 heterocycles. The number of benzene rings is 3. The van der Waals surface area contributed by atoms with Crippen molar-refractivity contribution in [1.29, 1.82) is 0 Å². The summed E-state index contributed by atoms with van der Waals surface area (Å²) in [6.07, 6.45) is 1.72. The number of fused-ring (bicyclic) bond motifs is 1. The maximum atomic E-state index is 12.6. The van der Waals surface area contributed by atoms with E-state index in [1.165, 1.54) is 0 Å². The number of esters is 1. The lowest BCUT2D eigenvalue weighted by atomic mass is 10.0. The van der Waals surface area contributed by atoms with Crippen molar-refractivity contribution in [3.63, 3.8) is 0 Å². The van der Waals surface area contributed by atoms with Gasteiger partial charge in [0.15, 0.2) is 0 Å². The third-order valence-electron chi connectivity index (χ3n) is 4.18. The van der Waals surface area contributed by atoms with E-state index in [9.17, 15) is 9.90 Å². The fraction of sp³-hybridized carbons (Fsp3) is 0.227. The zero-order valence-electron chi connectivity index (χ0n) is 15.0. The van der Waals surface area contributed by atoms with Gasteiger partial charge in [-0.3, -0.25) is 0 Å². The van der Waals surface area contributed by atoms with Crippen LogP contribution in [0.3, 0.4) is 0 Å². The van der Waals surface area contributed by atoms with Crippen molar-refractivity contribution in [2.45, 2.75) is 26.7 Å². The van der Waals surface area contributed by atoms with Gasteiger partial charge in [-0.1, -0.05) is 44.2 Å². The van der Waals surface area contributed by atoms with Gasteiger partial charge in [-0.15, -0.1) is 0 Å². The molecule has 0 spiro atoms. The van der Waals surface area contributed by atoms with Crippen LogP contribution in [-0.2, 0) is 6.42 Å². The van der Waals surface area contributed by atoms with Crippen LogP contribution >= 0.6 is 0 Å². The molecule has 0 unspecified atom stereocenters. The molecule has 26 heavy (non-hydrogen) atoms. The van der Waals surface area contributed by atoms with Crippen molar-refractivity contribution in [2.24, 2.45) is 0 Å². The van der Waals surface area contributed by atoms with Crippen molar-refractivity contribution in [2.75, 3.05) is 6.61 Å². The van der Waals surface area contributed by atoms with Crippen LogP contribution in [-0.4, -0.2) is 17.7 Å². The number of hydrogen-bond acceptors (Lipinski definition) is 4. The molecule has 3 aromatic rings. The molecule has 4 nitrogen and oxygen atoms in total. The molecular formula is C22H22O4. The molecule has 0 saturated heterocycles. The fourth-order valence-electron chi connectivity index (χ4n) is 2.78. The van der Waals surface area contributed by atoms with Crippen LogP contribution in [0, 0.1) is 0 Å². The number of aromatic hydroxyl groups is 1. The minimum Gasteiger partial charge on any atom is -0.506 e. The topological polar surface area (TPSA) is 55.8 Å². The first-order valence-electron chi connectivity index (χ1n) is 8.82. The van der Waals surface area contributed by atoms with E-state index in [4.69, 9.17) is 9.47 Å². The van der Waals surface area contributed by atoms with E-state index in [0.29, 0.717) is 23.5 Å². The van der Waals surface area contributed by atoms with Gasteiger partial charge in [-0.2, -0.15) is 0 Å². The van der Waals surface area contributed by atoms with E-state index in [0.717, 1.165) is 23.8 Å². The molecule has 0 aliphatic rings. The first-order chi connectivity index (χ1) is 12.6. The van der Waals surface area contributed by atoms with Gasteiger partial charge in [0, 0.05) is 10.8 Å². The van der Waals surface area contributed by atoms with Crippen LogP contribution in [0.25, 0.3) is 10.8 Å². The molecule has 0 bridgehead atoms. The largest absolute Gasteiger partial charge is 0.506 e. The Morgan fingerprint density at radius 3 is 2.46 bits per heavy atom. The molecule has 0 fully saturated rings. The number of para-hydroxylation sites is 1. The smallest absolute Gasteiger partial charge is 0.347 e. The molecule has 0 aromatic heterocycles. The maximum absolute atomic E-state index is 12.6. The summed E-state index contributed by atoms with van der Waals surface area (Å²) in [7, 11) is 0. The van der Waals surface area contributed by atoms with Crippen molar-refractivity contribution in [3.05, 3.63) is 65.7 Å². The first-order valence-corrected chi connectivity index (χ1v) is 8.82. The van der Waals surface area contributed by atoms with Crippen molar-refractivity contribution in [1.82, 2.24) is 0 Å². The Morgan fingerprint density at radius 1 is 1.00 bits per heavy atom. The van der Waals surface area contributed by atoms with Gasteiger partial charge in [0.25, 0.3) is 0 Å². The van der Waals surface area contributed by atoms with Crippen molar-refractivity contribution < 1.29 is 19.4 Å². The quantitative estimate of drug-likeness (QED) is 0.495. The lowest BCUT2D eigenvalue weighted by Crippen LogP contribution is -2.10. The number of carbonyl (C=O) groups excluding carboxylic acids is 1. The molecule has 0 aliphatic heterocycles.